The number of rotatable bonds is 4. The topological polar surface area (TPSA) is 80.7 Å². The summed E-state index contributed by atoms with van der Waals surface area (Å²) < 4.78 is 0. The van der Waals surface area contributed by atoms with Gasteiger partial charge in [0.15, 0.2) is 0 Å². The molecule has 0 spiro atoms. The van der Waals surface area contributed by atoms with Gasteiger partial charge >= 0.3 is 0 Å². The Morgan fingerprint density at radius 2 is 2.18 bits per heavy atom. The molecule has 22 heavy (non-hydrogen) atoms. The van der Waals surface area contributed by atoms with E-state index in [1.165, 1.54) is 17.7 Å². The number of hydrogen-bond donors (Lipinski definition) is 1. The number of pyridine rings is 1. The van der Waals surface area contributed by atoms with Crippen LogP contribution in [0.3, 0.4) is 0 Å². The summed E-state index contributed by atoms with van der Waals surface area (Å²) in [6.07, 6.45) is 6.55. The number of carbonyl (C=O) groups is 1. The molecule has 0 aliphatic carbocycles. The molecular weight excluding hydrogens is 298 g/mol. The molecule has 1 amide bonds. The van der Waals surface area contributed by atoms with Crippen molar-refractivity contribution in [1.29, 1.82) is 0 Å². The summed E-state index contributed by atoms with van der Waals surface area (Å²) in [5.74, 6) is -0.149. The first-order valence-electron chi connectivity index (χ1n) is 6.65. The highest BCUT2D eigenvalue weighted by Crippen LogP contribution is 2.27. The first-order valence-corrected chi connectivity index (χ1v) is 7.46. The van der Waals surface area contributed by atoms with Gasteiger partial charge < -0.3 is 5.32 Å². The van der Waals surface area contributed by atoms with E-state index in [0.29, 0.717) is 17.1 Å². The van der Waals surface area contributed by atoms with Crippen LogP contribution in [0.15, 0.2) is 43.1 Å². The van der Waals surface area contributed by atoms with Crippen LogP contribution in [-0.4, -0.2) is 25.8 Å². The first kappa shape index (κ1) is 14.3. The van der Waals surface area contributed by atoms with E-state index in [1.54, 1.807) is 24.7 Å². The van der Waals surface area contributed by atoms with Crippen molar-refractivity contribution in [3.63, 3.8) is 0 Å². The van der Waals surface area contributed by atoms with Gasteiger partial charge in [-0.2, -0.15) is 0 Å². The molecule has 3 aromatic rings. The molecule has 0 saturated heterocycles. The van der Waals surface area contributed by atoms with Gasteiger partial charge in [-0.15, -0.1) is 11.3 Å². The van der Waals surface area contributed by atoms with Gasteiger partial charge in [-0.25, -0.2) is 15.0 Å². The molecule has 3 heterocycles. The second kappa shape index (κ2) is 6.40. The lowest BCUT2D eigenvalue weighted by Crippen LogP contribution is -2.23. The maximum atomic E-state index is 12.3. The highest BCUT2D eigenvalue weighted by molar-refractivity contribution is 7.17. The standard InChI is InChI=1S/C15H13N5OS/c1-10-13(14(21)18-8-12-4-6-17-9-19-12)22-15(20-10)11-3-2-5-16-7-11/h2-7,9H,8H2,1H3,(H,18,21). The van der Waals surface area contributed by atoms with Crippen molar-refractivity contribution >= 4 is 17.2 Å². The zero-order chi connectivity index (χ0) is 15.4. The third-order valence-corrected chi connectivity index (χ3v) is 4.19. The highest BCUT2D eigenvalue weighted by Gasteiger charge is 2.16. The number of hydrogen-bond acceptors (Lipinski definition) is 6. The van der Waals surface area contributed by atoms with Crippen LogP contribution in [0.25, 0.3) is 10.6 Å². The summed E-state index contributed by atoms with van der Waals surface area (Å²) >= 11 is 1.36. The molecule has 3 aromatic heterocycles. The SMILES string of the molecule is Cc1nc(-c2cccnc2)sc1C(=O)NCc1ccncn1. The van der Waals surface area contributed by atoms with E-state index in [-0.39, 0.29) is 5.91 Å². The quantitative estimate of drug-likeness (QED) is 0.799. The largest absolute Gasteiger partial charge is 0.346 e. The van der Waals surface area contributed by atoms with Crippen LogP contribution in [0.5, 0.6) is 0 Å². The van der Waals surface area contributed by atoms with Crippen molar-refractivity contribution in [3.05, 3.63) is 59.4 Å². The molecule has 6 nitrogen and oxygen atoms in total. The molecule has 110 valence electrons. The molecule has 0 atom stereocenters. The van der Waals surface area contributed by atoms with Crippen LogP contribution in [0, 0.1) is 6.92 Å². The van der Waals surface area contributed by atoms with E-state index < -0.39 is 0 Å². The lowest BCUT2D eigenvalue weighted by atomic mass is 10.3. The predicted molar refractivity (Wildman–Crippen MR) is 83.3 cm³/mol. The monoisotopic (exact) mass is 311 g/mol. The predicted octanol–water partition coefficient (Wildman–Crippen LogP) is 2.23. The van der Waals surface area contributed by atoms with Crippen LogP contribution >= 0.6 is 11.3 Å². The molecule has 0 aromatic carbocycles. The van der Waals surface area contributed by atoms with Crippen LogP contribution in [0.4, 0.5) is 0 Å². The number of nitrogens with one attached hydrogen (secondary N) is 1. The van der Waals surface area contributed by atoms with Crippen molar-refractivity contribution in [1.82, 2.24) is 25.3 Å². The fourth-order valence-corrected chi connectivity index (χ4v) is 2.87. The molecule has 0 aliphatic rings. The van der Waals surface area contributed by atoms with Crippen LogP contribution in [0.2, 0.25) is 0 Å². The number of carbonyl (C=O) groups excluding carboxylic acids is 1. The smallest absolute Gasteiger partial charge is 0.263 e. The molecular formula is C15H13N5OS. The summed E-state index contributed by atoms with van der Waals surface area (Å²) in [5, 5.41) is 3.64. The van der Waals surface area contributed by atoms with Gasteiger partial charge in [0.25, 0.3) is 5.91 Å². The Morgan fingerprint density at radius 1 is 1.27 bits per heavy atom. The van der Waals surface area contributed by atoms with Gasteiger partial charge in [0, 0.05) is 24.2 Å². The Bertz CT molecular complexity index is 773. The average molecular weight is 311 g/mol. The van der Waals surface area contributed by atoms with Gasteiger partial charge in [-0.1, -0.05) is 0 Å². The number of thiazole rings is 1. The zero-order valence-corrected chi connectivity index (χ0v) is 12.7. The number of aryl methyl sites for hydroxylation is 1. The lowest BCUT2D eigenvalue weighted by Gasteiger charge is -2.02. The van der Waals surface area contributed by atoms with E-state index >= 15 is 0 Å². The summed E-state index contributed by atoms with van der Waals surface area (Å²) in [6.45, 7) is 2.19. The number of nitrogens with zero attached hydrogens (tertiary/aromatic N) is 4. The maximum absolute atomic E-state index is 12.3. The Hall–Kier alpha value is -2.67. The third kappa shape index (κ3) is 3.15. The minimum Gasteiger partial charge on any atom is -0.346 e. The molecule has 0 saturated carbocycles. The Labute approximate surface area is 131 Å². The average Bonchev–Trinajstić information content (AvgIpc) is 2.96. The molecule has 0 unspecified atom stereocenters. The highest BCUT2D eigenvalue weighted by atomic mass is 32.1. The lowest BCUT2D eigenvalue weighted by molar-refractivity contribution is 0.0953. The normalized spacial score (nSPS) is 10.4. The van der Waals surface area contributed by atoms with Crippen LogP contribution < -0.4 is 5.32 Å². The second-order valence-electron chi connectivity index (χ2n) is 4.56. The van der Waals surface area contributed by atoms with E-state index in [9.17, 15) is 4.79 Å². The Balaban J connectivity index is 1.74. The zero-order valence-electron chi connectivity index (χ0n) is 11.9. The minimum atomic E-state index is -0.149. The van der Waals surface area contributed by atoms with E-state index in [4.69, 9.17) is 0 Å². The van der Waals surface area contributed by atoms with E-state index in [0.717, 1.165) is 16.3 Å². The number of amides is 1. The minimum absolute atomic E-state index is 0.149. The van der Waals surface area contributed by atoms with Gasteiger partial charge in [-0.05, 0) is 25.1 Å². The summed E-state index contributed by atoms with van der Waals surface area (Å²) in [5.41, 5.74) is 2.38. The summed E-state index contributed by atoms with van der Waals surface area (Å²) in [4.78, 5) is 29.3. The molecule has 0 radical (unpaired) electrons. The van der Waals surface area contributed by atoms with Gasteiger partial charge in [0.2, 0.25) is 0 Å². The van der Waals surface area contributed by atoms with E-state index in [2.05, 4.69) is 25.3 Å². The molecule has 0 aliphatic heterocycles. The van der Waals surface area contributed by atoms with Crippen molar-refractivity contribution in [2.45, 2.75) is 13.5 Å². The van der Waals surface area contributed by atoms with Gasteiger partial charge in [0.05, 0.1) is 17.9 Å². The molecule has 0 bridgehead atoms. The van der Waals surface area contributed by atoms with Crippen molar-refractivity contribution in [3.8, 4) is 10.6 Å². The summed E-state index contributed by atoms with van der Waals surface area (Å²) in [6, 6.07) is 5.54. The molecule has 3 rings (SSSR count). The Morgan fingerprint density at radius 3 is 2.91 bits per heavy atom. The summed E-state index contributed by atoms with van der Waals surface area (Å²) in [7, 11) is 0. The fraction of sp³-hybridized carbons (Fsp3) is 0.133. The van der Waals surface area contributed by atoms with Crippen LogP contribution in [-0.2, 0) is 6.54 Å². The first-order chi connectivity index (χ1) is 10.7. The van der Waals surface area contributed by atoms with Gasteiger partial charge in [-0.3, -0.25) is 9.78 Å². The molecule has 0 fully saturated rings. The van der Waals surface area contributed by atoms with Crippen molar-refractivity contribution in [2.75, 3.05) is 0 Å². The number of aromatic nitrogens is 4. The van der Waals surface area contributed by atoms with E-state index in [1.807, 2.05) is 19.1 Å². The molecule has 7 heteroatoms. The molecule has 1 N–H and O–H groups in total. The second-order valence-corrected chi connectivity index (χ2v) is 5.56. The van der Waals surface area contributed by atoms with Crippen LogP contribution in [0.1, 0.15) is 21.1 Å². The van der Waals surface area contributed by atoms with Crippen molar-refractivity contribution in [2.24, 2.45) is 0 Å². The fourth-order valence-electron chi connectivity index (χ4n) is 1.89. The Kier molecular flexibility index (Phi) is 4.15. The van der Waals surface area contributed by atoms with Crippen molar-refractivity contribution < 1.29 is 4.79 Å². The third-order valence-electron chi connectivity index (χ3n) is 2.98. The maximum Gasteiger partial charge on any atom is 0.263 e. The van der Waals surface area contributed by atoms with Gasteiger partial charge in [0.1, 0.15) is 16.2 Å².